The Morgan fingerprint density at radius 1 is 1.05 bits per heavy atom. The van der Waals surface area contributed by atoms with Gasteiger partial charge in [-0.25, -0.2) is 9.36 Å². The summed E-state index contributed by atoms with van der Waals surface area (Å²) in [6.07, 6.45) is 1.06. The molecule has 12 heteroatoms. The van der Waals surface area contributed by atoms with Crippen molar-refractivity contribution in [2.75, 3.05) is 12.4 Å². The maximum Gasteiger partial charge on any atom is 0.434 e. The molecule has 2 N–H and O–H groups in total. The lowest BCUT2D eigenvalue weighted by Gasteiger charge is -2.14. The summed E-state index contributed by atoms with van der Waals surface area (Å²) in [6, 6.07) is 12.6. The number of halogens is 4. The Hall–Kier alpha value is -4.22. The second-order valence-corrected chi connectivity index (χ2v) is 8.51. The molecule has 0 aliphatic rings. The Bertz CT molecular complexity index is 1600. The molecule has 37 heavy (non-hydrogen) atoms. The topological polar surface area (TPSA) is 89.7 Å². The zero-order chi connectivity index (χ0) is 26.2. The first-order valence-corrected chi connectivity index (χ1v) is 11.4. The lowest BCUT2D eigenvalue weighted by molar-refractivity contribution is -0.143. The molecule has 0 unspecified atom stereocenters. The van der Waals surface area contributed by atoms with Crippen LogP contribution in [0.15, 0.2) is 73.3 Å². The van der Waals surface area contributed by atoms with Crippen LogP contribution < -0.4 is 10.6 Å². The van der Waals surface area contributed by atoms with Crippen LogP contribution in [0.4, 0.5) is 18.9 Å². The van der Waals surface area contributed by atoms with E-state index in [1.807, 2.05) is 7.05 Å². The SMILES string of the molecule is CNCc1cnn(-c2ccc(NC(=O)c3cnn(-c4cccc5ncccc45)c3C(F)(F)F)cc2Cl)c1. The van der Waals surface area contributed by atoms with Gasteiger partial charge < -0.3 is 10.6 Å². The van der Waals surface area contributed by atoms with E-state index in [0.29, 0.717) is 23.1 Å². The molecule has 188 valence electrons. The first kappa shape index (κ1) is 24.5. The predicted octanol–water partition coefficient (Wildman–Crippen LogP) is 5.25. The number of carbonyl (C=O) groups excluding carboxylic acids is 1. The van der Waals surface area contributed by atoms with Crippen LogP contribution in [-0.2, 0) is 12.7 Å². The summed E-state index contributed by atoms with van der Waals surface area (Å²) in [6.45, 7) is 0.621. The van der Waals surface area contributed by atoms with Gasteiger partial charge in [0.05, 0.1) is 39.9 Å². The molecule has 0 aliphatic carbocycles. The van der Waals surface area contributed by atoms with E-state index < -0.39 is 23.3 Å². The summed E-state index contributed by atoms with van der Waals surface area (Å²) in [7, 11) is 1.81. The highest BCUT2D eigenvalue weighted by atomic mass is 35.5. The number of nitrogens with zero attached hydrogens (tertiary/aromatic N) is 5. The number of fused-ring (bicyclic) bond motifs is 1. The van der Waals surface area contributed by atoms with Crippen molar-refractivity contribution in [2.45, 2.75) is 12.7 Å². The third-order valence-corrected chi connectivity index (χ3v) is 5.91. The lowest BCUT2D eigenvalue weighted by atomic mass is 10.1. The van der Waals surface area contributed by atoms with E-state index in [1.54, 1.807) is 53.6 Å². The number of hydrogen-bond donors (Lipinski definition) is 2. The predicted molar refractivity (Wildman–Crippen MR) is 133 cm³/mol. The molecule has 0 atom stereocenters. The zero-order valence-electron chi connectivity index (χ0n) is 19.3. The van der Waals surface area contributed by atoms with Crippen LogP contribution in [0.1, 0.15) is 21.6 Å². The maximum absolute atomic E-state index is 14.2. The van der Waals surface area contributed by atoms with Crippen LogP contribution in [0.2, 0.25) is 5.02 Å². The van der Waals surface area contributed by atoms with Gasteiger partial charge in [-0.15, -0.1) is 0 Å². The normalized spacial score (nSPS) is 11.7. The van der Waals surface area contributed by atoms with Crippen LogP contribution >= 0.6 is 11.6 Å². The molecule has 5 aromatic rings. The van der Waals surface area contributed by atoms with Crippen LogP contribution in [0.25, 0.3) is 22.3 Å². The van der Waals surface area contributed by atoms with E-state index in [4.69, 9.17) is 11.6 Å². The molecule has 5 rings (SSSR count). The molecule has 0 radical (unpaired) electrons. The van der Waals surface area contributed by atoms with Crippen molar-refractivity contribution in [1.29, 1.82) is 0 Å². The fraction of sp³-hybridized carbons (Fsp3) is 0.120. The van der Waals surface area contributed by atoms with Gasteiger partial charge in [-0.1, -0.05) is 17.7 Å². The first-order valence-electron chi connectivity index (χ1n) is 11.0. The Kier molecular flexibility index (Phi) is 6.40. The molecule has 0 saturated carbocycles. The molecule has 0 aliphatic heterocycles. The quantitative estimate of drug-likeness (QED) is 0.316. The van der Waals surface area contributed by atoms with Crippen molar-refractivity contribution < 1.29 is 18.0 Å². The van der Waals surface area contributed by atoms with Crippen molar-refractivity contribution in [2.24, 2.45) is 0 Å². The molecule has 0 bridgehead atoms. The Morgan fingerprint density at radius 3 is 2.65 bits per heavy atom. The second-order valence-electron chi connectivity index (χ2n) is 8.11. The minimum atomic E-state index is -4.86. The number of hydrogen-bond acceptors (Lipinski definition) is 5. The zero-order valence-corrected chi connectivity index (χ0v) is 20.0. The second kappa shape index (κ2) is 9.68. The van der Waals surface area contributed by atoms with Crippen molar-refractivity contribution in [3.05, 3.63) is 95.2 Å². The number of pyridine rings is 1. The van der Waals surface area contributed by atoms with E-state index in [1.165, 1.54) is 18.2 Å². The van der Waals surface area contributed by atoms with Gasteiger partial charge in [-0.3, -0.25) is 9.78 Å². The van der Waals surface area contributed by atoms with E-state index in [0.717, 1.165) is 16.4 Å². The molecular weight excluding hydrogens is 507 g/mol. The highest BCUT2D eigenvalue weighted by Gasteiger charge is 2.41. The summed E-state index contributed by atoms with van der Waals surface area (Å²) in [5.74, 6) is -0.976. The molecule has 3 heterocycles. The molecule has 0 fully saturated rings. The highest BCUT2D eigenvalue weighted by molar-refractivity contribution is 6.32. The minimum absolute atomic E-state index is 0.154. The first-order chi connectivity index (χ1) is 17.8. The monoisotopic (exact) mass is 525 g/mol. The standard InChI is InChI=1S/C25H19ClF3N7O/c1-30-11-15-12-32-35(14-15)22-8-7-16(10-19(22)26)34-24(37)18-13-33-36(23(18)25(27,28)29)21-6-2-5-20-17(21)4-3-9-31-20/h2-10,12-14,30H,11H2,1H3,(H,34,37). The summed E-state index contributed by atoms with van der Waals surface area (Å²) >= 11 is 6.39. The Labute approximate surface area is 213 Å². The summed E-state index contributed by atoms with van der Waals surface area (Å²) in [5.41, 5.74) is 0.539. The largest absolute Gasteiger partial charge is 0.434 e. The number of benzene rings is 2. The van der Waals surface area contributed by atoms with Gasteiger partial charge in [0.2, 0.25) is 0 Å². The van der Waals surface area contributed by atoms with Gasteiger partial charge in [0.1, 0.15) is 0 Å². The van der Waals surface area contributed by atoms with Crippen molar-refractivity contribution in [1.82, 2.24) is 29.9 Å². The van der Waals surface area contributed by atoms with Gasteiger partial charge in [-0.05, 0) is 49.5 Å². The number of rotatable bonds is 6. The molecular formula is C25H19ClF3N7O. The summed E-state index contributed by atoms with van der Waals surface area (Å²) < 4.78 is 44.9. The van der Waals surface area contributed by atoms with E-state index in [9.17, 15) is 18.0 Å². The minimum Gasteiger partial charge on any atom is -0.322 e. The maximum atomic E-state index is 14.2. The van der Waals surface area contributed by atoms with Crippen molar-refractivity contribution >= 4 is 34.1 Å². The number of aromatic nitrogens is 5. The number of amides is 1. The fourth-order valence-electron chi connectivity index (χ4n) is 4.00. The Morgan fingerprint density at radius 2 is 1.89 bits per heavy atom. The molecule has 0 spiro atoms. The van der Waals surface area contributed by atoms with E-state index >= 15 is 0 Å². The van der Waals surface area contributed by atoms with Crippen LogP contribution in [0, 0.1) is 0 Å². The lowest BCUT2D eigenvalue weighted by Crippen LogP contribution is -2.21. The third-order valence-electron chi connectivity index (χ3n) is 5.60. The fourth-order valence-corrected chi connectivity index (χ4v) is 4.27. The van der Waals surface area contributed by atoms with Crippen LogP contribution in [0.5, 0.6) is 0 Å². The smallest absolute Gasteiger partial charge is 0.322 e. The number of carbonyl (C=O) groups is 1. The van der Waals surface area contributed by atoms with Gasteiger partial charge >= 0.3 is 6.18 Å². The summed E-state index contributed by atoms with van der Waals surface area (Å²) in [4.78, 5) is 17.2. The van der Waals surface area contributed by atoms with E-state index in [2.05, 4.69) is 25.8 Å². The van der Waals surface area contributed by atoms with Crippen LogP contribution in [0.3, 0.4) is 0 Å². The summed E-state index contributed by atoms with van der Waals surface area (Å²) in [5, 5.41) is 14.4. The number of anilines is 1. The van der Waals surface area contributed by atoms with Gasteiger partial charge in [0.15, 0.2) is 5.69 Å². The van der Waals surface area contributed by atoms with Crippen molar-refractivity contribution in [3.8, 4) is 11.4 Å². The molecule has 1 amide bonds. The van der Waals surface area contributed by atoms with Crippen LogP contribution in [-0.4, -0.2) is 37.5 Å². The Balaban J connectivity index is 1.47. The average Bonchev–Trinajstić information content (AvgIpc) is 3.52. The molecule has 2 aromatic carbocycles. The van der Waals surface area contributed by atoms with Gasteiger partial charge in [-0.2, -0.15) is 23.4 Å². The van der Waals surface area contributed by atoms with Gasteiger partial charge in [0.25, 0.3) is 5.91 Å². The van der Waals surface area contributed by atoms with Crippen molar-refractivity contribution in [3.63, 3.8) is 0 Å². The van der Waals surface area contributed by atoms with Gasteiger partial charge in [0, 0.05) is 35.6 Å². The molecule has 8 nitrogen and oxygen atoms in total. The third kappa shape index (κ3) is 4.78. The molecule has 0 saturated heterocycles. The van der Waals surface area contributed by atoms with E-state index in [-0.39, 0.29) is 16.4 Å². The highest BCUT2D eigenvalue weighted by Crippen LogP contribution is 2.35. The average molecular weight is 526 g/mol. The molecule has 3 aromatic heterocycles. The number of nitrogens with one attached hydrogen (secondary N) is 2. The number of alkyl halides is 3.